The van der Waals surface area contributed by atoms with E-state index in [9.17, 15) is 9.59 Å². The summed E-state index contributed by atoms with van der Waals surface area (Å²) in [6, 6.07) is 13.5. The highest BCUT2D eigenvalue weighted by Gasteiger charge is 1.99. The molecule has 0 aliphatic rings. The van der Waals surface area contributed by atoms with Gasteiger partial charge in [0.05, 0.1) is 11.1 Å². The van der Waals surface area contributed by atoms with Crippen LogP contribution in [0, 0.1) is 13.8 Å². The number of aliphatic hydroxyl groups is 2. The molecule has 0 atom stereocenters. The number of carboxylic acid groups (broad SMARTS) is 2. The minimum absolute atomic E-state index is 0.283. The number of benzene rings is 2. The van der Waals surface area contributed by atoms with E-state index in [2.05, 4.69) is 0 Å². The lowest BCUT2D eigenvalue weighted by molar-refractivity contribution is 0.0686. The fourth-order valence-corrected chi connectivity index (χ4v) is 1.97. The van der Waals surface area contributed by atoms with Crippen molar-refractivity contribution in [3.63, 3.8) is 0 Å². The average Bonchev–Trinajstić information content (AvgIpc) is 2.67. The SMILES string of the molecule is Cc1ccc(C(=O)O)cc1.Cc1ccc(C(=O)O)cc1.OCCCCCCO. The zero-order valence-electron chi connectivity index (χ0n) is 16.5. The first kappa shape index (κ1) is 25.3. The molecule has 2 rings (SSSR count). The van der Waals surface area contributed by atoms with E-state index < -0.39 is 11.9 Å². The third kappa shape index (κ3) is 12.6. The third-order valence-electron chi connectivity index (χ3n) is 3.66. The number of carboxylic acids is 2. The van der Waals surface area contributed by atoms with E-state index >= 15 is 0 Å². The smallest absolute Gasteiger partial charge is 0.335 e. The van der Waals surface area contributed by atoms with Crippen LogP contribution in [-0.4, -0.2) is 45.6 Å². The number of aryl methyl sites for hydroxylation is 2. The molecular formula is C22H30O6. The number of unbranched alkanes of at least 4 members (excludes halogenated alkanes) is 3. The molecule has 28 heavy (non-hydrogen) atoms. The number of hydrogen-bond acceptors (Lipinski definition) is 4. The zero-order chi connectivity index (χ0) is 21.4. The molecule has 6 nitrogen and oxygen atoms in total. The highest BCUT2D eigenvalue weighted by Crippen LogP contribution is 2.02. The summed E-state index contributed by atoms with van der Waals surface area (Å²) in [5, 5.41) is 33.6. The van der Waals surface area contributed by atoms with Crippen molar-refractivity contribution in [2.45, 2.75) is 39.5 Å². The zero-order valence-corrected chi connectivity index (χ0v) is 16.5. The molecule has 4 N–H and O–H groups in total. The fraction of sp³-hybridized carbons (Fsp3) is 0.364. The predicted molar refractivity (Wildman–Crippen MR) is 109 cm³/mol. The van der Waals surface area contributed by atoms with Crippen molar-refractivity contribution < 1.29 is 30.0 Å². The maximum absolute atomic E-state index is 10.3. The van der Waals surface area contributed by atoms with Gasteiger partial charge in [-0.25, -0.2) is 9.59 Å². The molecule has 2 aromatic carbocycles. The van der Waals surface area contributed by atoms with Crippen molar-refractivity contribution in [1.82, 2.24) is 0 Å². The van der Waals surface area contributed by atoms with Crippen molar-refractivity contribution in [3.8, 4) is 0 Å². The Morgan fingerprint density at radius 2 is 0.893 bits per heavy atom. The number of aromatic carboxylic acids is 2. The first-order valence-electron chi connectivity index (χ1n) is 9.13. The molecule has 0 fully saturated rings. The Morgan fingerprint density at radius 1 is 0.607 bits per heavy atom. The second kappa shape index (κ2) is 15.4. The summed E-state index contributed by atoms with van der Waals surface area (Å²) in [7, 11) is 0. The van der Waals surface area contributed by atoms with Crippen LogP contribution < -0.4 is 0 Å². The molecule has 0 spiro atoms. The van der Waals surface area contributed by atoms with Crippen LogP contribution in [0.5, 0.6) is 0 Å². The molecule has 0 bridgehead atoms. The number of hydrogen-bond donors (Lipinski definition) is 4. The summed E-state index contributed by atoms with van der Waals surface area (Å²) >= 11 is 0. The second-order valence-electron chi connectivity index (χ2n) is 6.20. The topological polar surface area (TPSA) is 115 Å². The van der Waals surface area contributed by atoms with Gasteiger partial charge in [0.25, 0.3) is 0 Å². The van der Waals surface area contributed by atoms with Crippen LogP contribution in [-0.2, 0) is 0 Å². The van der Waals surface area contributed by atoms with Crippen LogP contribution in [0.15, 0.2) is 48.5 Å². The van der Waals surface area contributed by atoms with E-state index in [1.54, 1.807) is 48.5 Å². The van der Waals surface area contributed by atoms with Crippen molar-refractivity contribution in [2.75, 3.05) is 13.2 Å². The maximum atomic E-state index is 10.3. The lowest BCUT2D eigenvalue weighted by atomic mass is 10.2. The van der Waals surface area contributed by atoms with Crippen LogP contribution in [0.3, 0.4) is 0 Å². The highest BCUT2D eigenvalue weighted by atomic mass is 16.4. The quantitative estimate of drug-likeness (QED) is 0.533. The van der Waals surface area contributed by atoms with Crippen molar-refractivity contribution in [1.29, 1.82) is 0 Å². The van der Waals surface area contributed by atoms with Gasteiger partial charge in [-0.05, 0) is 51.0 Å². The Kier molecular flexibility index (Phi) is 13.9. The van der Waals surface area contributed by atoms with Crippen molar-refractivity contribution in [2.24, 2.45) is 0 Å². The number of rotatable bonds is 7. The van der Waals surface area contributed by atoms with Gasteiger partial charge < -0.3 is 20.4 Å². The summed E-state index contributed by atoms with van der Waals surface area (Å²) in [5.74, 6) is -1.75. The summed E-state index contributed by atoms with van der Waals surface area (Å²) in [5.41, 5.74) is 2.83. The molecule has 0 aliphatic heterocycles. The minimum atomic E-state index is -0.875. The van der Waals surface area contributed by atoms with E-state index in [1.165, 1.54) is 0 Å². The first-order valence-corrected chi connectivity index (χ1v) is 9.13. The standard InChI is InChI=1S/2C8H8O2.C6H14O2/c2*1-6-2-4-7(5-3-6)8(9)10;7-5-3-1-2-4-6-8/h2*2-5H,1H3,(H,9,10);7-8H,1-6H2. The predicted octanol–water partition coefficient (Wildman–Crippen LogP) is 3.92. The number of aliphatic hydroxyl groups excluding tert-OH is 2. The maximum Gasteiger partial charge on any atom is 0.335 e. The lowest BCUT2D eigenvalue weighted by Gasteiger charge is -1.93. The van der Waals surface area contributed by atoms with Crippen LogP contribution >= 0.6 is 0 Å². The van der Waals surface area contributed by atoms with Crippen LogP contribution in [0.4, 0.5) is 0 Å². The third-order valence-corrected chi connectivity index (χ3v) is 3.66. The van der Waals surface area contributed by atoms with Gasteiger partial charge in [-0.15, -0.1) is 0 Å². The van der Waals surface area contributed by atoms with E-state index in [4.69, 9.17) is 20.4 Å². The largest absolute Gasteiger partial charge is 0.478 e. The second-order valence-corrected chi connectivity index (χ2v) is 6.20. The van der Waals surface area contributed by atoms with Crippen LogP contribution in [0.25, 0.3) is 0 Å². The Bertz CT molecular complexity index is 616. The Labute approximate surface area is 166 Å². The Hall–Kier alpha value is -2.70. The molecule has 0 unspecified atom stereocenters. The van der Waals surface area contributed by atoms with E-state index in [1.807, 2.05) is 13.8 Å². The normalized spacial score (nSPS) is 9.43. The van der Waals surface area contributed by atoms with Gasteiger partial charge in [-0.3, -0.25) is 0 Å². The van der Waals surface area contributed by atoms with Gasteiger partial charge in [-0.1, -0.05) is 48.2 Å². The molecule has 0 saturated heterocycles. The van der Waals surface area contributed by atoms with E-state index in [-0.39, 0.29) is 13.2 Å². The average molecular weight is 390 g/mol. The number of carbonyl (C=O) groups is 2. The van der Waals surface area contributed by atoms with Crippen molar-refractivity contribution >= 4 is 11.9 Å². The molecule has 0 amide bonds. The molecule has 0 saturated carbocycles. The molecule has 0 heterocycles. The minimum Gasteiger partial charge on any atom is -0.478 e. The molecule has 0 radical (unpaired) electrons. The first-order chi connectivity index (χ1) is 13.3. The lowest BCUT2D eigenvalue weighted by Crippen LogP contribution is -1.94. The monoisotopic (exact) mass is 390 g/mol. The van der Waals surface area contributed by atoms with Crippen molar-refractivity contribution in [3.05, 3.63) is 70.8 Å². The van der Waals surface area contributed by atoms with Gasteiger partial charge in [0, 0.05) is 13.2 Å². The Morgan fingerprint density at radius 3 is 1.11 bits per heavy atom. The summed E-state index contributed by atoms with van der Waals surface area (Å²) in [6.45, 7) is 4.41. The summed E-state index contributed by atoms with van der Waals surface area (Å²) in [6.07, 6.45) is 3.83. The molecule has 154 valence electrons. The molecule has 2 aromatic rings. The van der Waals surface area contributed by atoms with Gasteiger partial charge in [0.15, 0.2) is 0 Å². The fourth-order valence-electron chi connectivity index (χ4n) is 1.97. The van der Waals surface area contributed by atoms with Gasteiger partial charge in [0.1, 0.15) is 0 Å². The van der Waals surface area contributed by atoms with Gasteiger partial charge in [-0.2, -0.15) is 0 Å². The Balaban J connectivity index is 0.000000394. The van der Waals surface area contributed by atoms with E-state index in [0.29, 0.717) is 11.1 Å². The highest BCUT2D eigenvalue weighted by molar-refractivity contribution is 5.87. The van der Waals surface area contributed by atoms with E-state index in [0.717, 1.165) is 36.8 Å². The van der Waals surface area contributed by atoms with Gasteiger partial charge >= 0.3 is 11.9 Å². The summed E-state index contributed by atoms with van der Waals surface area (Å²) in [4.78, 5) is 20.6. The summed E-state index contributed by atoms with van der Waals surface area (Å²) < 4.78 is 0. The van der Waals surface area contributed by atoms with Gasteiger partial charge in [0.2, 0.25) is 0 Å². The molecule has 6 heteroatoms. The molecular weight excluding hydrogens is 360 g/mol. The molecule has 0 aromatic heterocycles. The van der Waals surface area contributed by atoms with Crippen LogP contribution in [0.2, 0.25) is 0 Å². The molecule has 0 aliphatic carbocycles. The van der Waals surface area contributed by atoms with Crippen LogP contribution in [0.1, 0.15) is 57.5 Å².